The van der Waals surface area contributed by atoms with E-state index in [0.29, 0.717) is 23.7 Å². The Morgan fingerprint density at radius 3 is 1.81 bits per heavy atom. The lowest BCUT2D eigenvalue weighted by molar-refractivity contribution is 0.444. The number of sulfonamides is 1. The number of unbranched alkanes of at least 4 members (excludes halogenated alkanes) is 12. The average molecular weight is 530 g/mol. The van der Waals surface area contributed by atoms with Gasteiger partial charge in [-0.2, -0.15) is 4.31 Å². The van der Waals surface area contributed by atoms with Gasteiger partial charge in [0.2, 0.25) is 10.0 Å². The summed E-state index contributed by atoms with van der Waals surface area (Å²) in [5.74, 6) is 1.49. The van der Waals surface area contributed by atoms with Crippen LogP contribution in [0.1, 0.15) is 115 Å². The van der Waals surface area contributed by atoms with Crippen LogP contribution < -0.4 is 4.74 Å². The Bertz CT molecular complexity index is 999. The number of hydrogen-bond acceptors (Lipinski definition) is 3. The van der Waals surface area contributed by atoms with Gasteiger partial charge in [-0.3, -0.25) is 0 Å². The van der Waals surface area contributed by atoms with E-state index in [1.807, 2.05) is 32.9 Å². The molecule has 0 atom stereocenters. The largest absolute Gasteiger partial charge is 0.457 e. The van der Waals surface area contributed by atoms with Crippen molar-refractivity contribution in [3.05, 3.63) is 53.6 Å². The molecule has 0 bridgehead atoms. The molecule has 0 aliphatic rings. The summed E-state index contributed by atoms with van der Waals surface area (Å²) in [7, 11) is -3.47. The molecule has 2 rings (SSSR count). The second-order valence-electron chi connectivity index (χ2n) is 10.3. The summed E-state index contributed by atoms with van der Waals surface area (Å²) in [6.45, 7) is 8.81. The van der Waals surface area contributed by atoms with Crippen molar-refractivity contribution < 1.29 is 13.2 Å². The zero-order valence-electron chi connectivity index (χ0n) is 23.9. The van der Waals surface area contributed by atoms with Crippen molar-refractivity contribution in [3.63, 3.8) is 0 Å². The van der Waals surface area contributed by atoms with Gasteiger partial charge in [0.25, 0.3) is 0 Å². The molecule has 0 heterocycles. The second kappa shape index (κ2) is 17.6. The lowest BCUT2D eigenvalue weighted by atomic mass is 10.0. The van der Waals surface area contributed by atoms with Gasteiger partial charge in [0.1, 0.15) is 11.5 Å². The molecule has 4 nitrogen and oxygen atoms in total. The van der Waals surface area contributed by atoms with Gasteiger partial charge in [0, 0.05) is 13.1 Å². The van der Waals surface area contributed by atoms with Gasteiger partial charge < -0.3 is 4.74 Å². The first-order valence-electron chi connectivity index (χ1n) is 14.8. The third kappa shape index (κ3) is 11.2. The average Bonchev–Trinajstić information content (AvgIpc) is 2.89. The highest BCUT2D eigenvalue weighted by atomic mass is 32.2. The number of nitrogens with zero attached hydrogens (tertiary/aromatic N) is 1. The molecule has 0 saturated carbocycles. The molecule has 2 aromatic rings. The van der Waals surface area contributed by atoms with Gasteiger partial charge in [-0.05, 0) is 61.2 Å². The fourth-order valence-corrected chi connectivity index (χ4v) is 6.39. The van der Waals surface area contributed by atoms with Crippen LogP contribution in [0.25, 0.3) is 0 Å². The van der Waals surface area contributed by atoms with E-state index in [1.165, 1.54) is 93.3 Å². The second-order valence-corrected chi connectivity index (χ2v) is 12.2. The van der Waals surface area contributed by atoms with Crippen LogP contribution in [-0.2, 0) is 16.4 Å². The maximum Gasteiger partial charge on any atom is 0.243 e. The Morgan fingerprint density at radius 1 is 0.703 bits per heavy atom. The van der Waals surface area contributed by atoms with E-state index in [2.05, 4.69) is 19.1 Å². The summed E-state index contributed by atoms with van der Waals surface area (Å²) < 4.78 is 33.2. The van der Waals surface area contributed by atoms with Crippen LogP contribution >= 0.6 is 0 Å². The Balaban J connectivity index is 1.72. The molecule has 0 spiro atoms. The van der Waals surface area contributed by atoms with Crippen molar-refractivity contribution in [1.82, 2.24) is 4.31 Å². The Hall–Kier alpha value is -1.85. The summed E-state index contributed by atoms with van der Waals surface area (Å²) in [4.78, 5) is 0.317. The molecule has 0 aromatic heterocycles. The molecule has 0 N–H and O–H groups in total. The standard InChI is InChI=1S/C32H51NO3S/c1-5-8-9-10-11-12-13-14-15-16-17-18-19-21-29-22-20-23-30(27-29)36-32-25-24-31(26-28(32)4)37(34,35)33(6-2)7-3/h20,22-27H,5-19,21H2,1-4H3. The normalized spacial score (nSPS) is 11.8. The highest BCUT2D eigenvalue weighted by Crippen LogP contribution is 2.29. The van der Waals surface area contributed by atoms with E-state index in [0.717, 1.165) is 17.7 Å². The fourth-order valence-electron chi connectivity index (χ4n) is 4.85. The van der Waals surface area contributed by atoms with E-state index in [-0.39, 0.29) is 0 Å². The number of benzene rings is 2. The third-order valence-corrected chi connectivity index (χ3v) is 9.23. The summed E-state index contributed by atoms with van der Waals surface area (Å²) in [6, 6.07) is 13.4. The van der Waals surface area contributed by atoms with Gasteiger partial charge in [-0.25, -0.2) is 8.42 Å². The van der Waals surface area contributed by atoms with Gasteiger partial charge in [-0.15, -0.1) is 0 Å². The molecule has 5 heteroatoms. The van der Waals surface area contributed by atoms with Crippen LogP contribution in [0.2, 0.25) is 0 Å². The minimum absolute atomic E-state index is 0.317. The van der Waals surface area contributed by atoms with Gasteiger partial charge >= 0.3 is 0 Å². The number of hydrogen-bond donors (Lipinski definition) is 0. The minimum Gasteiger partial charge on any atom is -0.457 e. The molecular weight excluding hydrogens is 478 g/mol. The number of ether oxygens (including phenoxy) is 1. The van der Waals surface area contributed by atoms with Crippen molar-refractivity contribution in [2.45, 2.75) is 122 Å². The zero-order chi connectivity index (χ0) is 26.9. The summed E-state index contributed by atoms with van der Waals surface area (Å²) in [5, 5.41) is 0. The van der Waals surface area contributed by atoms with E-state index in [1.54, 1.807) is 18.2 Å². The molecule has 208 valence electrons. The monoisotopic (exact) mass is 529 g/mol. The van der Waals surface area contributed by atoms with E-state index < -0.39 is 10.0 Å². The maximum absolute atomic E-state index is 12.8. The van der Waals surface area contributed by atoms with E-state index >= 15 is 0 Å². The molecule has 2 aromatic carbocycles. The van der Waals surface area contributed by atoms with Crippen LogP contribution in [0.4, 0.5) is 0 Å². The van der Waals surface area contributed by atoms with Crippen LogP contribution in [0.5, 0.6) is 11.5 Å². The quantitative estimate of drug-likeness (QED) is 0.160. The molecule has 0 aliphatic carbocycles. The highest BCUT2D eigenvalue weighted by Gasteiger charge is 2.22. The van der Waals surface area contributed by atoms with Crippen molar-refractivity contribution in [2.75, 3.05) is 13.1 Å². The zero-order valence-corrected chi connectivity index (χ0v) is 24.8. The van der Waals surface area contributed by atoms with Gasteiger partial charge in [0.15, 0.2) is 0 Å². The first-order valence-corrected chi connectivity index (χ1v) is 16.2. The van der Waals surface area contributed by atoms with Crippen LogP contribution in [0.15, 0.2) is 47.4 Å². The smallest absolute Gasteiger partial charge is 0.243 e. The summed E-state index contributed by atoms with van der Waals surface area (Å²) in [6.07, 6.45) is 18.8. The maximum atomic E-state index is 12.8. The van der Waals surface area contributed by atoms with E-state index in [4.69, 9.17) is 4.74 Å². The van der Waals surface area contributed by atoms with Crippen molar-refractivity contribution in [1.29, 1.82) is 0 Å². The molecule has 0 unspecified atom stereocenters. The Labute approximate surface area is 227 Å². The number of aryl methyl sites for hydroxylation is 2. The molecule has 0 radical (unpaired) electrons. The minimum atomic E-state index is -3.47. The van der Waals surface area contributed by atoms with Crippen LogP contribution in [0, 0.1) is 6.92 Å². The van der Waals surface area contributed by atoms with E-state index in [9.17, 15) is 8.42 Å². The van der Waals surface area contributed by atoms with Gasteiger partial charge in [-0.1, -0.05) is 110 Å². The molecule has 37 heavy (non-hydrogen) atoms. The van der Waals surface area contributed by atoms with Crippen LogP contribution in [-0.4, -0.2) is 25.8 Å². The van der Waals surface area contributed by atoms with Gasteiger partial charge in [0.05, 0.1) is 4.90 Å². The van der Waals surface area contributed by atoms with Crippen molar-refractivity contribution in [3.8, 4) is 11.5 Å². The first kappa shape index (κ1) is 31.4. The number of rotatable bonds is 20. The third-order valence-electron chi connectivity index (χ3n) is 7.18. The molecule has 0 aliphatic heterocycles. The lowest BCUT2D eigenvalue weighted by Crippen LogP contribution is -2.30. The first-order chi connectivity index (χ1) is 17.9. The fraction of sp³-hybridized carbons (Fsp3) is 0.625. The lowest BCUT2D eigenvalue weighted by Gasteiger charge is -2.19. The summed E-state index contributed by atoms with van der Waals surface area (Å²) >= 11 is 0. The predicted octanol–water partition coefficient (Wildman–Crippen LogP) is 9.45. The topological polar surface area (TPSA) is 46.6 Å². The Morgan fingerprint density at radius 2 is 1.27 bits per heavy atom. The predicted molar refractivity (Wildman–Crippen MR) is 157 cm³/mol. The highest BCUT2D eigenvalue weighted by molar-refractivity contribution is 7.89. The molecule has 0 saturated heterocycles. The molecule has 0 amide bonds. The SMILES string of the molecule is CCCCCCCCCCCCCCCc1cccc(Oc2ccc(S(=O)(=O)N(CC)CC)cc2C)c1. The van der Waals surface area contributed by atoms with Crippen LogP contribution in [0.3, 0.4) is 0 Å². The Kier molecular flexibility index (Phi) is 14.9. The summed E-state index contributed by atoms with van der Waals surface area (Å²) in [5.41, 5.74) is 2.11. The molecular formula is C32H51NO3S. The van der Waals surface area contributed by atoms with Crippen molar-refractivity contribution in [2.24, 2.45) is 0 Å². The van der Waals surface area contributed by atoms with Crippen molar-refractivity contribution >= 4 is 10.0 Å². The molecule has 0 fully saturated rings.